The molecule has 8 heteroatoms. The molecule has 0 atom stereocenters. The van der Waals surface area contributed by atoms with E-state index >= 15 is 0 Å². The van der Waals surface area contributed by atoms with Gasteiger partial charge in [0.25, 0.3) is 5.91 Å². The minimum atomic E-state index is -0.713. The van der Waals surface area contributed by atoms with E-state index in [1.54, 1.807) is 24.0 Å². The largest absolute Gasteiger partial charge is 0.449 e. The Morgan fingerprint density at radius 2 is 1.43 bits per heavy atom. The maximum atomic E-state index is 13.9. The molecule has 0 aliphatic carbocycles. The number of carbonyl (C=O) groups excluding carboxylic acids is 3. The van der Waals surface area contributed by atoms with Crippen molar-refractivity contribution in [3.8, 4) is 0 Å². The summed E-state index contributed by atoms with van der Waals surface area (Å²) in [5.41, 5.74) is 5.29. The van der Waals surface area contributed by atoms with Crippen LogP contribution in [0.5, 0.6) is 0 Å². The van der Waals surface area contributed by atoms with E-state index in [0.717, 1.165) is 27.4 Å². The molecule has 8 nitrogen and oxygen atoms in total. The number of nitrogens with zero attached hydrogens (tertiary/aromatic N) is 3. The molecule has 3 amide bonds. The van der Waals surface area contributed by atoms with E-state index < -0.39 is 12.0 Å². The fourth-order valence-corrected chi connectivity index (χ4v) is 5.14. The molecule has 1 heterocycles. The number of nitrogens with one attached hydrogen (secondary N) is 1. The summed E-state index contributed by atoms with van der Waals surface area (Å²) < 4.78 is 5.22. The third-order valence-corrected chi connectivity index (χ3v) is 7.31. The molecule has 224 valence electrons. The highest BCUT2D eigenvalue weighted by Crippen LogP contribution is 2.41. The van der Waals surface area contributed by atoms with E-state index in [-0.39, 0.29) is 12.5 Å². The Hall–Kier alpha value is -5.21. The van der Waals surface area contributed by atoms with E-state index in [1.807, 2.05) is 116 Å². The number of fused-ring (bicyclic) bond motifs is 1. The fourth-order valence-electron chi connectivity index (χ4n) is 5.14. The van der Waals surface area contributed by atoms with Crippen LogP contribution in [0.25, 0.3) is 11.3 Å². The van der Waals surface area contributed by atoms with Crippen LogP contribution in [0.4, 0.5) is 21.9 Å². The SMILES string of the molecule is CCOC(=O)N1C(=O)C(=C(Nc2ccc(N(CCN(C)C)C(=O)Cc3ccccc3)cc2)c2ccccc2)c2ccccc21. The summed E-state index contributed by atoms with van der Waals surface area (Å²) in [6.07, 6.45) is -0.411. The second kappa shape index (κ2) is 13.8. The van der Waals surface area contributed by atoms with Gasteiger partial charge >= 0.3 is 6.09 Å². The third-order valence-electron chi connectivity index (χ3n) is 7.31. The standard InChI is InChI=1S/C36H36N4O4/c1-4-44-36(43)40-31-18-12-11-17-30(31)33(35(40)42)34(27-15-9-6-10-16-27)37-28-19-21-29(22-20-28)39(24-23-38(2)3)32(41)25-26-13-7-5-8-14-26/h5-22,37H,4,23-25H2,1-3H3. The van der Waals surface area contributed by atoms with Gasteiger partial charge in [-0.05, 0) is 62.5 Å². The van der Waals surface area contributed by atoms with Gasteiger partial charge in [0.1, 0.15) is 0 Å². The van der Waals surface area contributed by atoms with Crippen LogP contribution in [0.2, 0.25) is 0 Å². The monoisotopic (exact) mass is 588 g/mol. The maximum absolute atomic E-state index is 13.9. The number of amides is 3. The van der Waals surface area contributed by atoms with Gasteiger partial charge in [0, 0.05) is 30.0 Å². The van der Waals surface area contributed by atoms with Gasteiger partial charge in [0.05, 0.1) is 30.0 Å². The van der Waals surface area contributed by atoms with Crippen LogP contribution in [0.1, 0.15) is 23.6 Å². The van der Waals surface area contributed by atoms with Crippen LogP contribution in [0.15, 0.2) is 109 Å². The van der Waals surface area contributed by atoms with Gasteiger partial charge in [-0.3, -0.25) is 9.59 Å². The lowest BCUT2D eigenvalue weighted by atomic mass is 10.00. The van der Waals surface area contributed by atoms with Crippen molar-refractivity contribution in [1.82, 2.24) is 4.90 Å². The zero-order valence-electron chi connectivity index (χ0n) is 25.2. The number of benzene rings is 4. The van der Waals surface area contributed by atoms with E-state index in [9.17, 15) is 14.4 Å². The van der Waals surface area contributed by atoms with Crippen LogP contribution >= 0.6 is 0 Å². The molecule has 0 spiro atoms. The number of hydrogen-bond acceptors (Lipinski definition) is 6. The Labute approximate surface area is 258 Å². The minimum absolute atomic E-state index is 0.0121. The first kappa shape index (κ1) is 30.3. The molecule has 0 unspecified atom stereocenters. The molecular weight excluding hydrogens is 552 g/mol. The van der Waals surface area contributed by atoms with Gasteiger partial charge in [-0.25, -0.2) is 9.69 Å². The van der Waals surface area contributed by atoms with Gasteiger partial charge in [0.15, 0.2) is 0 Å². The zero-order valence-corrected chi connectivity index (χ0v) is 25.2. The Morgan fingerprint density at radius 1 is 0.795 bits per heavy atom. The Balaban J connectivity index is 1.50. The minimum Gasteiger partial charge on any atom is -0.449 e. The number of rotatable bonds is 10. The highest BCUT2D eigenvalue weighted by Gasteiger charge is 2.39. The first-order chi connectivity index (χ1) is 21.4. The average Bonchev–Trinajstić information content (AvgIpc) is 3.33. The van der Waals surface area contributed by atoms with Crippen molar-refractivity contribution in [2.45, 2.75) is 13.3 Å². The molecule has 4 aromatic rings. The van der Waals surface area contributed by atoms with E-state index in [2.05, 4.69) is 5.32 Å². The fraction of sp³-hybridized carbons (Fsp3) is 0.194. The molecule has 0 fully saturated rings. The highest BCUT2D eigenvalue weighted by molar-refractivity contribution is 6.43. The molecule has 0 saturated heterocycles. The van der Waals surface area contributed by atoms with Gasteiger partial charge in [0.2, 0.25) is 5.91 Å². The number of para-hydroxylation sites is 1. The maximum Gasteiger partial charge on any atom is 0.421 e. The van der Waals surface area contributed by atoms with Gasteiger partial charge in [-0.2, -0.15) is 0 Å². The van der Waals surface area contributed by atoms with Crippen LogP contribution in [0, 0.1) is 0 Å². The molecule has 1 N–H and O–H groups in total. The summed E-state index contributed by atoms with van der Waals surface area (Å²) in [6, 6.07) is 34.1. The lowest BCUT2D eigenvalue weighted by Gasteiger charge is -2.25. The Morgan fingerprint density at radius 3 is 2.09 bits per heavy atom. The van der Waals surface area contributed by atoms with Gasteiger partial charge in [-0.15, -0.1) is 0 Å². The Kier molecular flexibility index (Phi) is 9.52. The molecule has 4 aromatic carbocycles. The predicted molar refractivity (Wildman–Crippen MR) is 175 cm³/mol. The molecule has 44 heavy (non-hydrogen) atoms. The Bertz CT molecular complexity index is 1650. The van der Waals surface area contributed by atoms with Crippen LogP contribution in [-0.4, -0.2) is 56.6 Å². The van der Waals surface area contributed by atoms with Crippen molar-refractivity contribution >= 4 is 46.2 Å². The first-order valence-electron chi connectivity index (χ1n) is 14.6. The highest BCUT2D eigenvalue weighted by atomic mass is 16.6. The number of imide groups is 1. The lowest BCUT2D eigenvalue weighted by molar-refractivity contribution is -0.118. The van der Waals surface area contributed by atoms with E-state index in [4.69, 9.17) is 4.74 Å². The van der Waals surface area contributed by atoms with Crippen molar-refractivity contribution in [3.63, 3.8) is 0 Å². The van der Waals surface area contributed by atoms with E-state index in [0.29, 0.717) is 42.0 Å². The number of carbonyl (C=O) groups is 3. The average molecular weight is 589 g/mol. The summed E-state index contributed by atoms with van der Waals surface area (Å²) in [5.74, 6) is -0.452. The van der Waals surface area contributed by atoms with Crippen molar-refractivity contribution in [1.29, 1.82) is 0 Å². The smallest absolute Gasteiger partial charge is 0.421 e. The quantitative estimate of drug-likeness (QED) is 0.219. The van der Waals surface area contributed by atoms with Gasteiger partial charge < -0.3 is 19.9 Å². The molecule has 0 bridgehead atoms. The number of ether oxygens (including phenoxy) is 1. The van der Waals surface area contributed by atoms with Gasteiger partial charge in [-0.1, -0.05) is 78.9 Å². The first-order valence-corrected chi connectivity index (χ1v) is 14.6. The van der Waals surface area contributed by atoms with Crippen LogP contribution in [0.3, 0.4) is 0 Å². The topological polar surface area (TPSA) is 82.2 Å². The van der Waals surface area contributed by atoms with Crippen molar-refractivity contribution in [3.05, 3.63) is 126 Å². The zero-order chi connectivity index (χ0) is 31.1. The third kappa shape index (κ3) is 6.71. The number of likely N-dealkylation sites (N-methyl/N-ethyl adjacent to an activating group) is 1. The van der Waals surface area contributed by atoms with Crippen molar-refractivity contribution in [2.75, 3.05) is 48.9 Å². The van der Waals surface area contributed by atoms with Crippen LogP contribution in [-0.2, 0) is 20.7 Å². The molecule has 1 aliphatic heterocycles. The summed E-state index contributed by atoms with van der Waals surface area (Å²) in [5, 5.41) is 3.45. The molecule has 5 rings (SSSR count). The lowest BCUT2D eigenvalue weighted by Crippen LogP contribution is -2.37. The second-order valence-electron chi connectivity index (χ2n) is 10.7. The molecule has 0 radical (unpaired) electrons. The second-order valence-corrected chi connectivity index (χ2v) is 10.7. The summed E-state index contributed by atoms with van der Waals surface area (Å²) >= 11 is 0. The predicted octanol–water partition coefficient (Wildman–Crippen LogP) is 6.31. The van der Waals surface area contributed by atoms with E-state index in [1.165, 1.54) is 0 Å². The van der Waals surface area contributed by atoms with Crippen LogP contribution < -0.4 is 15.1 Å². The molecular formula is C36H36N4O4. The normalized spacial score (nSPS) is 13.5. The number of anilines is 3. The molecule has 0 aromatic heterocycles. The van der Waals surface area contributed by atoms with Crippen molar-refractivity contribution < 1.29 is 19.1 Å². The summed E-state index contributed by atoms with van der Waals surface area (Å²) in [6.45, 7) is 3.11. The molecule has 0 saturated carbocycles. The van der Waals surface area contributed by atoms with Crippen molar-refractivity contribution in [2.24, 2.45) is 0 Å². The summed E-state index contributed by atoms with van der Waals surface area (Å²) in [4.78, 5) is 45.1. The molecule has 1 aliphatic rings. The number of hydrogen-bond donors (Lipinski definition) is 1. The summed E-state index contributed by atoms with van der Waals surface area (Å²) in [7, 11) is 3.97.